The SMILES string of the molecule is CC(=O)N(CCC(=O)Nc1c(F)cccc1F)c1ccccc1. The third-order valence-corrected chi connectivity index (χ3v) is 3.24. The van der Waals surface area contributed by atoms with E-state index in [1.165, 1.54) is 17.9 Å². The lowest BCUT2D eigenvalue weighted by molar-refractivity contribution is -0.117. The fourth-order valence-corrected chi connectivity index (χ4v) is 2.11. The first kappa shape index (κ1) is 16.6. The van der Waals surface area contributed by atoms with Gasteiger partial charge in [0.15, 0.2) is 0 Å². The number of nitrogens with one attached hydrogen (secondary N) is 1. The molecule has 0 aliphatic carbocycles. The molecule has 0 aliphatic rings. The van der Waals surface area contributed by atoms with Gasteiger partial charge in [-0.2, -0.15) is 0 Å². The fraction of sp³-hybridized carbons (Fsp3) is 0.176. The van der Waals surface area contributed by atoms with E-state index in [2.05, 4.69) is 5.32 Å². The molecule has 0 atom stereocenters. The predicted octanol–water partition coefficient (Wildman–Crippen LogP) is 3.35. The van der Waals surface area contributed by atoms with Crippen LogP contribution in [0.25, 0.3) is 0 Å². The summed E-state index contributed by atoms with van der Waals surface area (Å²) in [6, 6.07) is 12.2. The van der Waals surface area contributed by atoms with E-state index in [1.807, 2.05) is 6.07 Å². The third-order valence-electron chi connectivity index (χ3n) is 3.24. The zero-order chi connectivity index (χ0) is 16.8. The Morgan fingerprint density at radius 1 is 1.00 bits per heavy atom. The minimum atomic E-state index is -0.843. The van der Waals surface area contributed by atoms with E-state index in [1.54, 1.807) is 24.3 Å². The number of hydrogen-bond donors (Lipinski definition) is 1. The first-order valence-electron chi connectivity index (χ1n) is 7.06. The smallest absolute Gasteiger partial charge is 0.226 e. The Labute approximate surface area is 132 Å². The van der Waals surface area contributed by atoms with Crippen LogP contribution in [0.1, 0.15) is 13.3 Å². The van der Waals surface area contributed by atoms with Crippen LogP contribution < -0.4 is 10.2 Å². The van der Waals surface area contributed by atoms with Crippen LogP contribution in [0, 0.1) is 11.6 Å². The number of rotatable bonds is 5. The van der Waals surface area contributed by atoms with E-state index in [0.29, 0.717) is 5.69 Å². The van der Waals surface area contributed by atoms with Crippen LogP contribution in [0.3, 0.4) is 0 Å². The zero-order valence-corrected chi connectivity index (χ0v) is 12.6. The van der Waals surface area contributed by atoms with Crippen molar-refractivity contribution < 1.29 is 18.4 Å². The monoisotopic (exact) mass is 318 g/mol. The molecule has 0 saturated heterocycles. The summed E-state index contributed by atoms with van der Waals surface area (Å²) in [4.78, 5) is 25.0. The summed E-state index contributed by atoms with van der Waals surface area (Å²) in [5, 5.41) is 2.20. The quantitative estimate of drug-likeness (QED) is 0.919. The number of benzene rings is 2. The average Bonchev–Trinajstić information content (AvgIpc) is 2.52. The summed E-state index contributed by atoms with van der Waals surface area (Å²) in [7, 11) is 0. The van der Waals surface area contributed by atoms with Gasteiger partial charge in [0.1, 0.15) is 17.3 Å². The lowest BCUT2D eigenvalue weighted by Crippen LogP contribution is -2.32. The number of para-hydroxylation sites is 2. The van der Waals surface area contributed by atoms with E-state index in [0.717, 1.165) is 12.1 Å². The molecule has 0 aliphatic heterocycles. The Morgan fingerprint density at radius 3 is 2.17 bits per heavy atom. The van der Waals surface area contributed by atoms with Crippen LogP contribution in [0.15, 0.2) is 48.5 Å². The summed E-state index contributed by atoms with van der Waals surface area (Å²) in [5.74, 6) is -2.48. The predicted molar refractivity (Wildman–Crippen MR) is 84.1 cm³/mol. The molecule has 0 unspecified atom stereocenters. The van der Waals surface area contributed by atoms with Crippen LogP contribution in [0.5, 0.6) is 0 Å². The van der Waals surface area contributed by atoms with Crippen LogP contribution in [-0.2, 0) is 9.59 Å². The molecule has 0 radical (unpaired) electrons. The molecule has 6 heteroatoms. The fourth-order valence-electron chi connectivity index (χ4n) is 2.11. The second-order valence-corrected chi connectivity index (χ2v) is 4.90. The van der Waals surface area contributed by atoms with Crippen molar-refractivity contribution in [2.45, 2.75) is 13.3 Å². The van der Waals surface area contributed by atoms with E-state index >= 15 is 0 Å². The molecule has 1 N–H and O–H groups in total. The van der Waals surface area contributed by atoms with Crippen molar-refractivity contribution in [2.24, 2.45) is 0 Å². The van der Waals surface area contributed by atoms with Crippen molar-refractivity contribution in [3.63, 3.8) is 0 Å². The standard InChI is InChI=1S/C17H16F2N2O2/c1-12(22)21(13-6-3-2-4-7-13)11-10-16(23)20-17-14(18)8-5-9-15(17)19/h2-9H,10-11H2,1H3,(H,20,23). The number of halogens is 2. The van der Waals surface area contributed by atoms with Gasteiger partial charge in [-0.15, -0.1) is 0 Å². The lowest BCUT2D eigenvalue weighted by Gasteiger charge is -2.20. The van der Waals surface area contributed by atoms with Gasteiger partial charge >= 0.3 is 0 Å². The van der Waals surface area contributed by atoms with Crippen LogP contribution in [0.2, 0.25) is 0 Å². The molecule has 120 valence electrons. The second kappa shape index (κ2) is 7.49. The van der Waals surface area contributed by atoms with Gasteiger partial charge in [-0.1, -0.05) is 24.3 Å². The van der Waals surface area contributed by atoms with E-state index in [4.69, 9.17) is 0 Å². The first-order valence-corrected chi connectivity index (χ1v) is 7.06. The molecule has 2 aromatic carbocycles. The molecular weight excluding hydrogens is 302 g/mol. The largest absolute Gasteiger partial charge is 0.321 e. The molecule has 0 saturated carbocycles. The maximum absolute atomic E-state index is 13.5. The highest BCUT2D eigenvalue weighted by Crippen LogP contribution is 2.19. The number of nitrogens with zero attached hydrogens (tertiary/aromatic N) is 1. The topological polar surface area (TPSA) is 49.4 Å². The van der Waals surface area contributed by atoms with Gasteiger partial charge in [0.05, 0.1) is 0 Å². The summed E-state index contributed by atoms with van der Waals surface area (Å²) >= 11 is 0. The maximum atomic E-state index is 13.5. The number of carbonyl (C=O) groups excluding carboxylic acids is 2. The normalized spacial score (nSPS) is 10.2. The molecule has 0 fully saturated rings. The summed E-state index contributed by atoms with van der Waals surface area (Å²) < 4.78 is 27.0. The minimum Gasteiger partial charge on any atom is -0.321 e. The van der Waals surface area contributed by atoms with Gasteiger partial charge in [0.2, 0.25) is 11.8 Å². The lowest BCUT2D eigenvalue weighted by atomic mass is 10.2. The molecule has 23 heavy (non-hydrogen) atoms. The summed E-state index contributed by atoms with van der Waals surface area (Å²) in [6.45, 7) is 1.50. The Bertz CT molecular complexity index is 685. The van der Waals surface area contributed by atoms with E-state index in [-0.39, 0.29) is 18.9 Å². The van der Waals surface area contributed by atoms with E-state index < -0.39 is 23.2 Å². The van der Waals surface area contributed by atoms with Crippen molar-refractivity contribution in [2.75, 3.05) is 16.8 Å². The van der Waals surface area contributed by atoms with E-state index in [9.17, 15) is 18.4 Å². The van der Waals surface area contributed by atoms with Crippen LogP contribution >= 0.6 is 0 Å². The minimum absolute atomic E-state index is 0.0811. The third kappa shape index (κ3) is 4.35. The Kier molecular flexibility index (Phi) is 5.41. The highest BCUT2D eigenvalue weighted by molar-refractivity contribution is 5.94. The molecule has 0 heterocycles. The highest BCUT2D eigenvalue weighted by atomic mass is 19.1. The molecule has 0 spiro atoms. The average molecular weight is 318 g/mol. The van der Waals surface area contributed by atoms with Crippen molar-refractivity contribution in [1.29, 1.82) is 0 Å². The molecule has 2 rings (SSSR count). The van der Waals surface area contributed by atoms with Crippen LogP contribution in [0.4, 0.5) is 20.2 Å². The van der Waals surface area contributed by atoms with Gasteiger partial charge < -0.3 is 10.2 Å². The van der Waals surface area contributed by atoms with Gasteiger partial charge in [0, 0.05) is 25.6 Å². The number of anilines is 2. The zero-order valence-electron chi connectivity index (χ0n) is 12.6. The molecular formula is C17H16F2N2O2. The molecule has 0 aromatic heterocycles. The number of carbonyl (C=O) groups is 2. The number of hydrogen-bond acceptors (Lipinski definition) is 2. The van der Waals surface area contributed by atoms with Gasteiger partial charge in [-0.05, 0) is 24.3 Å². The highest BCUT2D eigenvalue weighted by Gasteiger charge is 2.15. The molecule has 4 nitrogen and oxygen atoms in total. The Balaban J connectivity index is 2.01. The van der Waals surface area contributed by atoms with Crippen molar-refractivity contribution in [1.82, 2.24) is 0 Å². The number of amides is 2. The Morgan fingerprint density at radius 2 is 1.61 bits per heavy atom. The first-order chi connectivity index (χ1) is 11.0. The maximum Gasteiger partial charge on any atom is 0.226 e. The molecule has 0 bridgehead atoms. The molecule has 2 amide bonds. The molecule has 2 aromatic rings. The van der Waals surface area contributed by atoms with Gasteiger partial charge in [-0.25, -0.2) is 8.78 Å². The van der Waals surface area contributed by atoms with Crippen LogP contribution in [-0.4, -0.2) is 18.4 Å². The van der Waals surface area contributed by atoms with Crippen molar-refractivity contribution >= 4 is 23.2 Å². The van der Waals surface area contributed by atoms with Crippen molar-refractivity contribution in [3.05, 3.63) is 60.2 Å². The second-order valence-electron chi connectivity index (χ2n) is 4.90. The van der Waals surface area contributed by atoms with Gasteiger partial charge in [-0.3, -0.25) is 9.59 Å². The summed E-state index contributed by atoms with van der Waals surface area (Å²) in [6.07, 6.45) is -0.0811. The Hall–Kier alpha value is -2.76. The summed E-state index contributed by atoms with van der Waals surface area (Å²) in [5.41, 5.74) is 0.177. The van der Waals surface area contributed by atoms with Gasteiger partial charge in [0.25, 0.3) is 0 Å². The van der Waals surface area contributed by atoms with Crippen molar-refractivity contribution in [3.8, 4) is 0 Å².